The number of rotatable bonds is 5. The fraction of sp³-hybridized carbons (Fsp3) is 0.517. The average molecular weight is 493 g/mol. The number of ether oxygens (including phenoxy) is 3. The summed E-state index contributed by atoms with van der Waals surface area (Å²) in [5, 5.41) is 14.1. The predicted molar refractivity (Wildman–Crippen MR) is 138 cm³/mol. The maximum atomic E-state index is 11.9. The zero-order valence-electron chi connectivity index (χ0n) is 21.3. The molecule has 2 aromatic rings. The maximum absolute atomic E-state index is 11.9. The summed E-state index contributed by atoms with van der Waals surface area (Å²) >= 11 is 0. The van der Waals surface area contributed by atoms with Crippen LogP contribution in [0.4, 0.5) is 0 Å². The quantitative estimate of drug-likeness (QED) is 0.511. The number of hydrogen-bond acceptors (Lipinski definition) is 5. The van der Waals surface area contributed by atoms with Crippen molar-refractivity contribution in [2.75, 3.05) is 6.61 Å². The van der Waals surface area contributed by atoms with Gasteiger partial charge in [-0.3, -0.25) is 0 Å². The van der Waals surface area contributed by atoms with Gasteiger partial charge in [0.2, 0.25) is 0 Å². The number of aliphatic hydroxyl groups is 1. The standard InChI is InChI=1S/C29H36O5Si/c1-27(2,3)35(22-12-8-6-9-13-22,23-14-10-7-11-15-23)31-20-24-29(30,19-18-21-16-17-21)25-26(32-24)34-28(4,5)33-25/h6-15,21,24-26,30H,16-17,20H2,1-5H3/t24-,25+,26-,29-/m1/s1. The van der Waals surface area contributed by atoms with Gasteiger partial charge < -0.3 is 23.7 Å². The van der Waals surface area contributed by atoms with E-state index in [1.807, 2.05) is 26.0 Å². The van der Waals surface area contributed by atoms with Crippen LogP contribution in [0.5, 0.6) is 0 Å². The highest BCUT2D eigenvalue weighted by Gasteiger charge is 2.63. The Balaban J connectivity index is 1.52. The lowest BCUT2D eigenvalue weighted by atomic mass is 9.93. The van der Waals surface area contributed by atoms with E-state index < -0.39 is 38.2 Å². The first kappa shape index (κ1) is 24.7. The molecule has 3 aliphatic rings. The van der Waals surface area contributed by atoms with Crippen LogP contribution < -0.4 is 10.4 Å². The van der Waals surface area contributed by atoms with E-state index in [4.69, 9.17) is 18.6 Å². The summed E-state index contributed by atoms with van der Waals surface area (Å²) in [6, 6.07) is 20.9. The molecule has 1 aliphatic carbocycles. The van der Waals surface area contributed by atoms with Crippen molar-refractivity contribution in [3.63, 3.8) is 0 Å². The second kappa shape index (κ2) is 8.84. The molecule has 0 aromatic heterocycles. The van der Waals surface area contributed by atoms with Crippen LogP contribution in [-0.4, -0.2) is 49.9 Å². The van der Waals surface area contributed by atoms with Gasteiger partial charge in [-0.2, -0.15) is 0 Å². The molecule has 2 heterocycles. The molecule has 5 rings (SSSR count). The van der Waals surface area contributed by atoms with Gasteiger partial charge in [-0.25, -0.2) is 0 Å². The minimum atomic E-state index is -2.80. The Morgan fingerprint density at radius 3 is 2.06 bits per heavy atom. The average Bonchev–Trinajstić information content (AvgIpc) is 3.55. The Morgan fingerprint density at radius 1 is 0.971 bits per heavy atom. The van der Waals surface area contributed by atoms with E-state index in [9.17, 15) is 5.11 Å². The lowest BCUT2D eigenvalue weighted by Crippen LogP contribution is -2.67. The first-order valence-electron chi connectivity index (χ1n) is 12.6. The largest absolute Gasteiger partial charge is 0.405 e. The Labute approximate surface area is 209 Å². The molecule has 5 nitrogen and oxygen atoms in total. The second-order valence-electron chi connectivity index (χ2n) is 11.4. The van der Waals surface area contributed by atoms with Crippen molar-refractivity contribution in [1.82, 2.24) is 0 Å². The van der Waals surface area contributed by atoms with Gasteiger partial charge in [0.1, 0.15) is 6.10 Å². The van der Waals surface area contributed by atoms with Crippen LogP contribution in [0, 0.1) is 17.8 Å². The van der Waals surface area contributed by atoms with E-state index in [-0.39, 0.29) is 11.6 Å². The van der Waals surface area contributed by atoms with Gasteiger partial charge in [-0.1, -0.05) is 93.3 Å². The molecule has 6 heteroatoms. The molecule has 1 N–H and O–H groups in total. The van der Waals surface area contributed by atoms with Gasteiger partial charge >= 0.3 is 0 Å². The topological polar surface area (TPSA) is 57.2 Å². The maximum Gasteiger partial charge on any atom is 0.261 e. The zero-order valence-corrected chi connectivity index (χ0v) is 22.3. The van der Waals surface area contributed by atoms with Gasteiger partial charge in [0.25, 0.3) is 8.32 Å². The van der Waals surface area contributed by atoms with Crippen LogP contribution in [0.15, 0.2) is 60.7 Å². The molecular formula is C29H36O5Si. The van der Waals surface area contributed by atoms with E-state index in [2.05, 4.69) is 81.1 Å². The second-order valence-corrected chi connectivity index (χ2v) is 15.7. The van der Waals surface area contributed by atoms with E-state index in [0.717, 1.165) is 12.8 Å². The Morgan fingerprint density at radius 2 is 1.54 bits per heavy atom. The molecule has 0 amide bonds. The summed E-state index contributed by atoms with van der Waals surface area (Å²) in [4.78, 5) is 0. The van der Waals surface area contributed by atoms with Crippen LogP contribution in [0.2, 0.25) is 5.04 Å². The molecule has 0 spiro atoms. The third kappa shape index (κ3) is 4.51. The predicted octanol–water partition coefficient (Wildman–Crippen LogP) is 3.58. The minimum Gasteiger partial charge on any atom is -0.405 e. The normalized spacial score (nSPS) is 29.9. The first-order chi connectivity index (χ1) is 16.6. The molecule has 2 aliphatic heterocycles. The third-order valence-electron chi connectivity index (χ3n) is 7.20. The van der Waals surface area contributed by atoms with Crippen molar-refractivity contribution >= 4 is 18.7 Å². The number of benzene rings is 2. The van der Waals surface area contributed by atoms with E-state index >= 15 is 0 Å². The Hall–Kier alpha value is -1.98. The van der Waals surface area contributed by atoms with E-state index in [0.29, 0.717) is 5.92 Å². The molecule has 0 bridgehead atoms. The van der Waals surface area contributed by atoms with Gasteiger partial charge in [0.15, 0.2) is 23.8 Å². The van der Waals surface area contributed by atoms with Gasteiger partial charge in [-0.05, 0) is 42.1 Å². The van der Waals surface area contributed by atoms with Crippen molar-refractivity contribution in [2.45, 2.75) is 82.4 Å². The highest BCUT2D eigenvalue weighted by atomic mass is 28.4. The summed E-state index contributed by atoms with van der Waals surface area (Å²) < 4.78 is 25.4. The Bertz CT molecular complexity index is 1060. The molecule has 3 fully saturated rings. The molecule has 2 aromatic carbocycles. The third-order valence-corrected chi connectivity index (χ3v) is 12.2. The lowest BCUT2D eigenvalue weighted by Gasteiger charge is -2.44. The highest BCUT2D eigenvalue weighted by molar-refractivity contribution is 6.99. The van der Waals surface area contributed by atoms with Crippen molar-refractivity contribution in [3.8, 4) is 11.8 Å². The van der Waals surface area contributed by atoms with E-state index in [1.165, 1.54) is 10.4 Å². The SMILES string of the molecule is CC1(C)O[C@H]2O[C@H](CO[Si](c3ccccc3)(c3ccccc3)C(C)(C)C)[C@](O)(C#CC3CC3)[C@H]2O1. The highest BCUT2D eigenvalue weighted by Crippen LogP contribution is 2.44. The van der Waals surface area contributed by atoms with Gasteiger partial charge in [0.05, 0.1) is 6.61 Å². The number of fused-ring (bicyclic) bond motifs is 1. The molecule has 2 saturated heterocycles. The summed E-state index contributed by atoms with van der Waals surface area (Å²) in [7, 11) is -2.80. The van der Waals surface area contributed by atoms with Crippen LogP contribution in [-0.2, 0) is 18.6 Å². The van der Waals surface area contributed by atoms with Gasteiger partial charge in [-0.15, -0.1) is 0 Å². The van der Waals surface area contributed by atoms with Crippen molar-refractivity contribution in [2.24, 2.45) is 5.92 Å². The molecule has 186 valence electrons. The molecule has 35 heavy (non-hydrogen) atoms. The zero-order chi connectivity index (χ0) is 24.9. The van der Waals surface area contributed by atoms with Crippen molar-refractivity contribution in [3.05, 3.63) is 60.7 Å². The Kier molecular flexibility index (Phi) is 6.24. The van der Waals surface area contributed by atoms with E-state index in [1.54, 1.807) is 0 Å². The monoisotopic (exact) mass is 492 g/mol. The lowest BCUT2D eigenvalue weighted by molar-refractivity contribution is -0.225. The first-order valence-corrected chi connectivity index (χ1v) is 14.5. The summed E-state index contributed by atoms with van der Waals surface area (Å²) in [6.07, 6.45) is 0.0862. The number of hydrogen-bond donors (Lipinski definition) is 1. The van der Waals surface area contributed by atoms with Crippen molar-refractivity contribution < 1.29 is 23.7 Å². The van der Waals surface area contributed by atoms with Crippen LogP contribution in [0.3, 0.4) is 0 Å². The summed E-state index contributed by atoms with van der Waals surface area (Å²) in [5.74, 6) is 5.89. The summed E-state index contributed by atoms with van der Waals surface area (Å²) in [5.41, 5.74) is -1.51. The van der Waals surface area contributed by atoms with Crippen LogP contribution in [0.25, 0.3) is 0 Å². The molecule has 4 atom stereocenters. The van der Waals surface area contributed by atoms with Gasteiger partial charge in [0, 0.05) is 5.92 Å². The van der Waals surface area contributed by atoms with Crippen LogP contribution >= 0.6 is 0 Å². The van der Waals surface area contributed by atoms with Crippen molar-refractivity contribution in [1.29, 1.82) is 0 Å². The smallest absolute Gasteiger partial charge is 0.261 e. The van der Waals surface area contributed by atoms with Crippen LogP contribution in [0.1, 0.15) is 47.5 Å². The minimum absolute atomic E-state index is 0.184. The fourth-order valence-corrected chi connectivity index (χ4v) is 9.86. The summed E-state index contributed by atoms with van der Waals surface area (Å²) in [6.45, 7) is 10.5. The fourth-order valence-electron chi connectivity index (χ4n) is 5.30. The molecule has 0 unspecified atom stereocenters. The molecule has 0 radical (unpaired) electrons. The molecule has 1 saturated carbocycles. The molecular weight excluding hydrogens is 456 g/mol.